The second-order valence-corrected chi connectivity index (χ2v) is 4.16. The molecule has 0 saturated carbocycles. The molecule has 0 unspecified atom stereocenters. The number of ether oxygens (including phenoxy) is 1. The van der Waals surface area contributed by atoms with Crippen LogP contribution in [0.5, 0.6) is 0 Å². The van der Waals surface area contributed by atoms with E-state index < -0.39 is 12.1 Å². The monoisotopic (exact) mass is 262 g/mol. The van der Waals surface area contributed by atoms with E-state index in [1.165, 1.54) is 6.08 Å². The highest BCUT2D eigenvalue weighted by molar-refractivity contribution is 5.99. The molecule has 1 aliphatic rings. The summed E-state index contributed by atoms with van der Waals surface area (Å²) >= 11 is 0. The SMILES string of the molecule is C=CCOC(=O)Nc1ncc2c(c1C(=O)O)CCC2. The highest BCUT2D eigenvalue weighted by Gasteiger charge is 2.24. The Morgan fingerprint density at radius 3 is 3.00 bits per heavy atom. The van der Waals surface area contributed by atoms with E-state index in [1.54, 1.807) is 6.20 Å². The summed E-state index contributed by atoms with van der Waals surface area (Å²) < 4.78 is 4.75. The van der Waals surface area contributed by atoms with E-state index in [0.717, 1.165) is 24.0 Å². The second-order valence-electron chi connectivity index (χ2n) is 4.16. The van der Waals surface area contributed by atoms with E-state index in [2.05, 4.69) is 16.9 Å². The summed E-state index contributed by atoms with van der Waals surface area (Å²) in [6.07, 6.45) is 4.71. The fourth-order valence-electron chi connectivity index (χ4n) is 2.14. The maximum absolute atomic E-state index is 11.4. The molecule has 1 aromatic heterocycles. The Morgan fingerprint density at radius 2 is 2.32 bits per heavy atom. The number of carbonyl (C=O) groups is 2. The van der Waals surface area contributed by atoms with Crippen LogP contribution in [0.3, 0.4) is 0 Å². The van der Waals surface area contributed by atoms with Gasteiger partial charge >= 0.3 is 12.1 Å². The number of nitrogens with zero attached hydrogens (tertiary/aromatic N) is 1. The third-order valence-electron chi connectivity index (χ3n) is 2.92. The zero-order chi connectivity index (χ0) is 13.8. The van der Waals surface area contributed by atoms with Crippen LogP contribution in [-0.2, 0) is 17.6 Å². The number of carboxylic acids is 1. The summed E-state index contributed by atoms with van der Waals surface area (Å²) in [5, 5.41) is 11.6. The Bertz CT molecular complexity index is 540. The highest BCUT2D eigenvalue weighted by atomic mass is 16.5. The normalized spacial score (nSPS) is 12.6. The smallest absolute Gasteiger partial charge is 0.413 e. The summed E-state index contributed by atoms with van der Waals surface area (Å²) in [6, 6.07) is 0. The summed E-state index contributed by atoms with van der Waals surface area (Å²) in [7, 11) is 0. The van der Waals surface area contributed by atoms with Crippen LogP contribution in [0.15, 0.2) is 18.9 Å². The van der Waals surface area contributed by atoms with E-state index in [0.29, 0.717) is 6.42 Å². The van der Waals surface area contributed by atoms with Crippen molar-refractivity contribution in [3.05, 3.63) is 35.5 Å². The minimum Gasteiger partial charge on any atom is -0.478 e. The molecule has 1 aliphatic carbocycles. The third-order valence-corrected chi connectivity index (χ3v) is 2.92. The number of carboxylic acid groups (broad SMARTS) is 1. The molecule has 0 aromatic carbocycles. The van der Waals surface area contributed by atoms with E-state index >= 15 is 0 Å². The largest absolute Gasteiger partial charge is 0.478 e. The maximum Gasteiger partial charge on any atom is 0.413 e. The molecule has 100 valence electrons. The summed E-state index contributed by atoms with van der Waals surface area (Å²) in [4.78, 5) is 26.8. The number of fused-ring (bicyclic) bond motifs is 1. The number of pyridine rings is 1. The summed E-state index contributed by atoms with van der Waals surface area (Å²) in [5.74, 6) is -1.06. The molecule has 2 rings (SSSR count). The van der Waals surface area contributed by atoms with Crippen LogP contribution in [0.25, 0.3) is 0 Å². The lowest BCUT2D eigenvalue weighted by molar-refractivity contribution is 0.0696. The van der Waals surface area contributed by atoms with E-state index in [9.17, 15) is 14.7 Å². The standard InChI is InChI=1S/C13H14N2O4/c1-2-6-19-13(18)15-11-10(12(16)17)9-5-3-4-8(9)7-14-11/h2,7H,1,3-6H2,(H,16,17)(H,14,15,18). The van der Waals surface area contributed by atoms with Crippen molar-refractivity contribution in [1.29, 1.82) is 0 Å². The van der Waals surface area contributed by atoms with Crippen LogP contribution in [0.1, 0.15) is 27.9 Å². The first-order chi connectivity index (χ1) is 9.13. The molecule has 1 amide bonds. The fraction of sp³-hybridized carbons (Fsp3) is 0.308. The van der Waals surface area contributed by atoms with Crippen LogP contribution in [0, 0.1) is 0 Å². The molecule has 0 atom stereocenters. The second kappa shape index (κ2) is 5.51. The van der Waals surface area contributed by atoms with Crippen molar-refractivity contribution in [3.63, 3.8) is 0 Å². The van der Waals surface area contributed by atoms with Gasteiger partial charge in [-0.25, -0.2) is 14.6 Å². The summed E-state index contributed by atoms with van der Waals surface area (Å²) in [5.41, 5.74) is 1.74. The topological polar surface area (TPSA) is 88.5 Å². The number of rotatable bonds is 4. The molecule has 0 spiro atoms. The molecular formula is C13H14N2O4. The molecule has 6 nitrogen and oxygen atoms in total. The van der Waals surface area contributed by atoms with Gasteiger partial charge in [-0.15, -0.1) is 0 Å². The molecule has 0 bridgehead atoms. The predicted molar refractivity (Wildman–Crippen MR) is 68.4 cm³/mol. The number of nitrogens with one attached hydrogen (secondary N) is 1. The maximum atomic E-state index is 11.4. The molecule has 2 N–H and O–H groups in total. The van der Waals surface area contributed by atoms with Crippen molar-refractivity contribution in [2.24, 2.45) is 0 Å². The Kier molecular flexibility index (Phi) is 3.79. The number of anilines is 1. The van der Waals surface area contributed by atoms with Gasteiger partial charge < -0.3 is 9.84 Å². The fourth-order valence-corrected chi connectivity index (χ4v) is 2.14. The number of carbonyl (C=O) groups excluding carboxylic acids is 1. The average molecular weight is 262 g/mol. The number of aromatic carboxylic acids is 1. The zero-order valence-electron chi connectivity index (χ0n) is 10.3. The van der Waals surface area contributed by atoms with E-state index in [4.69, 9.17) is 4.74 Å². The number of amides is 1. The number of hydrogen-bond acceptors (Lipinski definition) is 4. The third kappa shape index (κ3) is 2.73. The van der Waals surface area contributed by atoms with Gasteiger partial charge in [0, 0.05) is 6.20 Å². The lowest BCUT2D eigenvalue weighted by Gasteiger charge is -2.11. The van der Waals surface area contributed by atoms with Crippen LogP contribution in [0.4, 0.5) is 10.6 Å². The van der Waals surface area contributed by atoms with Gasteiger partial charge in [0.1, 0.15) is 18.0 Å². The van der Waals surface area contributed by atoms with E-state index in [-0.39, 0.29) is 18.0 Å². The Balaban J connectivity index is 2.28. The Hall–Kier alpha value is -2.37. The molecule has 0 fully saturated rings. The number of aryl methyl sites for hydroxylation is 1. The van der Waals surface area contributed by atoms with E-state index in [1.807, 2.05) is 0 Å². The van der Waals surface area contributed by atoms with Crippen molar-refractivity contribution < 1.29 is 19.4 Å². The summed E-state index contributed by atoms with van der Waals surface area (Å²) in [6.45, 7) is 3.47. The minimum absolute atomic E-state index is 0.0298. The zero-order valence-corrected chi connectivity index (χ0v) is 10.3. The first kappa shape index (κ1) is 13.1. The molecular weight excluding hydrogens is 248 g/mol. The molecule has 0 saturated heterocycles. The van der Waals surface area contributed by atoms with Crippen LogP contribution in [-0.4, -0.2) is 28.8 Å². The van der Waals surface area contributed by atoms with Gasteiger partial charge in [-0.1, -0.05) is 12.7 Å². The average Bonchev–Trinajstić information content (AvgIpc) is 2.83. The van der Waals surface area contributed by atoms with Gasteiger partial charge in [0.2, 0.25) is 0 Å². The van der Waals surface area contributed by atoms with Crippen molar-refractivity contribution in [3.8, 4) is 0 Å². The van der Waals surface area contributed by atoms with Gasteiger partial charge in [0.05, 0.1) is 0 Å². The van der Waals surface area contributed by atoms with Crippen LogP contribution in [0.2, 0.25) is 0 Å². The minimum atomic E-state index is -1.09. The lowest BCUT2D eigenvalue weighted by atomic mass is 10.1. The Morgan fingerprint density at radius 1 is 1.53 bits per heavy atom. The van der Waals surface area contributed by atoms with Crippen molar-refractivity contribution in [2.45, 2.75) is 19.3 Å². The van der Waals surface area contributed by atoms with Gasteiger partial charge in [-0.05, 0) is 30.4 Å². The molecule has 1 aromatic rings. The van der Waals surface area contributed by atoms with Crippen molar-refractivity contribution >= 4 is 17.9 Å². The quantitative estimate of drug-likeness (QED) is 0.810. The number of hydrogen-bond donors (Lipinski definition) is 2. The lowest BCUT2D eigenvalue weighted by Crippen LogP contribution is -2.18. The predicted octanol–water partition coefficient (Wildman–Crippen LogP) is 2.00. The van der Waals surface area contributed by atoms with Gasteiger partial charge in [0.15, 0.2) is 0 Å². The first-order valence-electron chi connectivity index (χ1n) is 5.92. The van der Waals surface area contributed by atoms with Crippen molar-refractivity contribution in [1.82, 2.24) is 4.98 Å². The molecule has 19 heavy (non-hydrogen) atoms. The molecule has 1 heterocycles. The van der Waals surface area contributed by atoms with Crippen LogP contribution < -0.4 is 5.32 Å². The van der Waals surface area contributed by atoms with Crippen LogP contribution >= 0.6 is 0 Å². The molecule has 0 aliphatic heterocycles. The Labute approximate surface area is 110 Å². The first-order valence-corrected chi connectivity index (χ1v) is 5.92. The number of aromatic nitrogens is 1. The molecule has 0 radical (unpaired) electrons. The highest BCUT2D eigenvalue weighted by Crippen LogP contribution is 2.28. The molecule has 6 heteroatoms. The van der Waals surface area contributed by atoms with Gasteiger partial charge in [-0.2, -0.15) is 0 Å². The van der Waals surface area contributed by atoms with Gasteiger partial charge in [-0.3, -0.25) is 5.32 Å². The van der Waals surface area contributed by atoms with Gasteiger partial charge in [0.25, 0.3) is 0 Å². The van der Waals surface area contributed by atoms with Crippen molar-refractivity contribution in [2.75, 3.05) is 11.9 Å².